The van der Waals surface area contributed by atoms with Crippen molar-refractivity contribution < 1.29 is 44.6 Å². The van der Waals surface area contributed by atoms with Gasteiger partial charge in [-0.3, -0.25) is 0 Å². The number of rotatable bonds is 1. The molecule has 0 fully saturated rings. The van der Waals surface area contributed by atoms with E-state index in [-0.39, 0.29) is 40.9 Å². The predicted molar refractivity (Wildman–Crippen MR) is 50.7 cm³/mol. The summed E-state index contributed by atoms with van der Waals surface area (Å²) in [6, 6.07) is 5.81. The van der Waals surface area contributed by atoms with Crippen molar-refractivity contribution in [3.63, 3.8) is 0 Å². The quantitative estimate of drug-likeness (QED) is 0.471. The third kappa shape index (κ3) is 6.02. The van der Waals surface area contributed by atoms with Crippen molar-refractivity contribution in [2.45, 2.75) is 13.3 Å². The van der Waals surface area contributed by atoms with Crippen molar-refractivity contribution in [2.24, 2.45) is 0 Å². The molecule has 0 spiro atoms. The first-order valence-electron chi connectivity index (χ1n) is 3.94. The summed E-state index contributed by atoms with van der Waals surface area (Å²) in [5, 5.41) is 17.3. The van der Waals surface area contributed by atoms with Crippen molar-refractivity contribution in [3.05, 3.63) is 36.8 Å². The van der Waals surface area contributed by atoms with E-state index in [4.69, 9.17) is 10.2 Å². The van der Waals surface area contributed by atoms with E-state index in [1.54, 1.807) is 12.1 Å². The molecule has 0 heterocycles. The van der Waals surface area contributed by atoms with Crippen LogP contribution in [-0.2, 0) is 0 Å². The van der Waals surface area contributed by atoms with Gasteiger partial charge in [0.05, 0.1) is 0 Å². The average Bonchev–Trinajstić information content (AvgIpc) is 2.06. The van der Waals surface area contributed by atoms with Gasteiger partial charge < -0.3 is 17.1 Å². The third-order valence-electron chi connectivity index (χ3n) is 1.13. The molecular formula is C10H13NaO3. The van der Waals surface area contributed by atoms with Crippen LogP contribution >= 0.6 is 0 Å². The molecule has 4 heteroatoms. The van der Waals surface area contributed by atoms with E-state index in [1.807, 2.05) is 6.92 Å². The number of hydrogen-bond donors (Lipinski definition) is 2. The third-order valence-corrected chi connectivity index (χ3v) is 1.13. The molecule has 0 radical (unpaired) electrons. The summed E-state index contributed by atoms with van der Waals surface area (Å²) >= 11 is 0. The number of aromatic hydroxyl groups is 1. The zero-order valence-corrected chi connectivity index (χ0v) is 10.5. The fraction of sp³-hybridized carbons (Fsp3) is 0.200. The largest absolute Gasteiger partial charge is 1.00 e. The Hall–Kier alpha value is -0.510. The zero-order chi connectivity index (χ0) is 10.3. The van der Waals surface area contributed by atoms with Crippen LogP contribution in [0.25, 0.3) is 0 Å². The minimum absolute atomic E-state index is 0. The normalized spacial score (nSPS) is 7.86. The van der Waals surface area contributed by atoms with Gasteiger partial charge in [-0.1, -0.05) is 19.1 Å². The van der Waals surface area contributed by atoms with E-state index in [2.05, 4.69) is 6.92 Å². The van der Waals surface area contributed by atoms with Crippen LogP contribution in [0.1, 0.15) is 23.7 Å². The Balaban J connectivity index is 0. The molecular weight excluding hydrogens is 191 g/mol. The van der Waals surface area contributed by atoms with E-state index in [9.17, 15) is 4.79 Å². The van der Waals surface area contributed by atoms with Gasteiger partial charge in [0.25, 0.3) is 0 Å². The molecule has 0 amide bonds. The Kier molecular flexibility index (Phi) is 10.3. The van der Waals surface area contributed by atoms with E-state index in [1.165, 1.54) is 12.1 Å². The van der Waals surface area contributed by atoms with Gasteiger partial charge in [-0.15, -0.1) is 0 Å². The number of carbonyl (C=O) groups is 1. The summed E-state index contributed by atoms with van der Waals surface area (Å²) in [6.07, 6.45) is 1.00. The van der Waals surface area contributed by atoms with Crippen LogP contribution < -0.4 is 29.6 Å². The second-order valence-corrected chi connectivity index (χ2v) is 2.32. The van der Waals surface area contributed by atoms with Gasteiger partial charge in [0.2, 0.25) is 0 Å². The van der Waals surface area contributed by atoms with Crippen molar-refractivity contribution in [3.8, 4) is 5.75 Å². The van der Waals surface area contributed by atoms with Crippen molar-refractivity contribution in [1.82, 2.24) is 0 Å². The monoisotopic (exact) mass is 204 g/mol. The summed E-state index contributed by atoms with van der Waals surface area (Å²) in [5.74, 6) is -1.31. The molecule has 0 unspecified atom stereocenters. The summed E-state index contributed by atoms with van der Waals surface area (Å²) in [6.45, 7) is 5.50. The average molecular weight is 204 g/mol. The molecule has 0 aliphatic heterocycles. The number of aromatic carboxylic acids is 1. The second kappa shape index (κ2) is 9.06. The maximum Gasteiger partial charge on any atom is 1.00 e. The Labute approximate surface area is 106 Å². The Bertz CT molecular complexity index is 274. The molecule has 0 saturated carbocycles. The Morgan fingerprint density at radius 1 is 1.43 bits per heavy atom. The number of phenols is 1. The number of para-hydroxylation sites is 1. The molecule has 1 rings (SSSR count). The molecule has 0 atom stereocenters. The molecule has 0 saturated heterocycles. The van der Waals surface area contributed by atoms with E-state index < -0.39 is 5.97 Å². The predicted octanol–water partition coefficient (Wildman–Crippen LogP) is -0.675. The number of hydrogen-bond acceptors (Lipinski definition) is 2. The van der Waals surface area contributed by atoms with Gasteiger partial charge in [0.15, 0.2) is 0 Å². The van der Waals surface area contributed by atoms with Gasteiger partial charge in [0, 0.05) is 0 Å². The first-order chi connectivity index (χ1) is 6.13. The minimum Gasteiger partial charge on any atom is -0.507 e. The standard InChI is InChI=1S/C7H6O3.C3H7.Na/c8-6-4-2-1-3-5(6)7(9)10;1-3-2;/h1-4,8H,(H,9,10);1,3H2,2H3;/q;-1;+1. The molecule has 0 aromatic heterocycles. The zero-order valence-electron chi connectivity index (χ0n) is 8.53. The second-order valence-electron chi connectivity index (χ2n) is 2.32. The molecule has 3 nitrogen and oxygen atoms in total. The molecule has 0 bridgehead atoms. The topological polar surface area (TPSA) is 57.5 Å². The van der Waals surface area contributed by atoms with E-state index in [0.29, 0.717) is 0 Å². The van der Waals surface area contributed by atoms with Gasteiger partial charge in [-0.2, -0.15) is 6.42 Å². The van der Waals surface area contributed by atoms with Crippen LogP contribution in [0.4, 0.5) is 0 Å². The molecule has 0 aliphatic carbocycles. The van der Waals surface area contributed by atoms with Crippen LogP contribution in [0.5, 0.6) is 5.75 Å². The summed E-state index contributed by atoms with van der Waals surface area (Å²) < 4.78 is 0. The first-order valence-corrected chi connectivity index (χ1v) is 3.94. The molecule has 0 aliphatic rings. The maximum absolute atomic E-state index is 10.3. The fourth-order valence-corrected chi connectivity index (χ4v) is 0.654. The number of carboxylic acids is 1. The van der Waals surface area contributed by atoms with Crippen LogP contribution in [0.3, 0.4) is 0 Å². The Morgan fingerprint density at radius 3 is 2.14 bits per heavy atom. The SMILES string of the molecule is O=C(O)c1ccccc1O.[CH2-]CC.[Na+]. The molecule has 1 aromatic carbocycles. The summed E-state index contributed by atoms with van der Waals surface area (Å²) in [7, 11) is 0. The molecule has 72 valence electrons. The summed E-state index contributed by atoms with van der Waals surface area (Å²) in [5.41, 5.74) is -0.0671. The Morgan fingerprint density at radius 2 is 1.86 bits per heavy atom. The fourth-order valence-electron chi connectivity index (χ4n) is 0.654. The van der Waals surface area contributed by atoms with Crippen molar-refractivity contribution in [2.75, 3.05) is 0 Å². The first kappa shape index (κ1) is 15.9. The van der Waals surface area contributed by atoms with Gasteiger partial charge in [0.1, 0.15) is 11.3 Å². The summed E-state index contributed by atoms with van der Waals surface area (Å²) in [4.78, 5) is 10.3. The smallest absolute Gasteiger partial charge is 0.507 e. The van der Waals surface area contributed by atoms with Crippen LogP contribution in [-0.4, -0.2) is 16.2 Å². The van der Waals surface area contributed by atoms with Gasteiger partial charge >= 0.3 is 35.5 Å². The van der Waals surface area contributed by atoms with Crippen LogP contribution in [0.2, 0.25) is 0 Å². The number of benzene rings is 1. The maximum atomic E-state index is 10.3. The van der Waals surface area contributed by atoms with Crippen LogP contribution in [0.15, 0.2) is 24.3 Å². The van der Waals surface area contributed by atoms with Crippen molar-refractivity contribution >= 4 is 5.97 Å². The van der Waals surface area contributed by atoms with Crippen molar-refractivity contribution in [1.29, 1.82) is 0 Å². The van der Waals surface area contributed by atoms with Gasteiger partial charge in [-0.05, 0) is 12.1 Å². The van der Waals surface area contributed by atoms with E-state index >= 15 is 0 Å². The molecule has 14 heavy (non-hydrogen) atoms. The molecule has 2 N–H and O–H groups in total. The minimum atomic E-state index is -1.11. The number of carboxylic acid groups (broad SMARTS) is 1. The molecule has 1 aromatic rings. The van der Waals surface area contributed by atoms with Gasteiger partial charge in [-0.25, -0.2) is 4.79 Å². The van der Waals surface area contributed by atoms with E-state index in [0.717, 1.165) is 6.42 Å². The van der Waals surface area contributed by atoms with Crippen LogP contribution in [0, 0.1) is 6.92 Å².